The third kappa shape index (κ3) is 3.86. The van der Waals surface area contributed by atoms with E-state index in [0.29, 0.717) is 6.42 Å². The topological polar surface area (TPSA) is 128 Å². The zero-order valence-corrected chi connectivity index (χ0v) is 11.3. The lowest BCUT2D eigenvalue weighted by Crippen LogP contribution is -2.26. The van der Waals surface area contributed by atoms with Gasteiger partial charge >= 0.3 is 5.69 Å². The number of sulfonamides is 1. The fourth-order valence-electron chi connectivity index (χ4n) is 1.51. The number of pyridine rings is 1. The molecule has 3 N–H and O–H groups in total. The van der Waals surface area contributed by atoms with Gasteiger partial charge in [-0.1, -0.05) is 19.8 Å². The third-order valence-electron chi connectivity index (χ3n) is 2.46. The number of nitrogens with one attached hydrogen (secondary N) is 1. The zero-order valence-electron chi connectivity index (χ0n) is 10.5. The molecule has 0 unspecified atom stereocenters. The minimum absolute atomic E-state index is 0.232. The van der Waals surface area contributed by atoms with Gasteiger partial charge in [0.2, 0.25) is 15.8 Å². The van der Waals surface area contributed by atoms with Crippen LogP contribution in [0, 0.1) is 10.1 Å². The molecule has 0 saturated carbocycles. The van der Waals surface area contributed by atoms with Crippen LogP contribution in [-0.2, 0) is 10.0 Å². The van der Waals surface area contributed by atoms with Crippen LogP contribution in [0.4, 0.5) is 11.5 Å². The Morgan fingerprint density at radius 1 is 1.47 bits per heavy atom. The fraction of sp³-hybridized carbons (Fsp3) is 0.500. The highest BCUT2D eigenvalue weighted by atomic mass is 32.2. The van der Waals surface area contributed by atoms with Crippen LogP contribution in [-0.4, -0.2) is 24.9 Å². The molecule has 106 valence electrons. The number of aromatic nitrogens is 1. The highest BCUT2D eigenvalue weighted by Crippen LogP contribution is 2.27. The molecule has 0 saturated heterocycles. The quantitative estimate of drug-likeness (QED) is 0.438. The summed E-state index contributed by atoms with van der Waals surface area (Å²) in [4.78, 5) is 13.1. The van der Waals surface area contributed by atoms with Gasteiger partial charge in [0.15, 0.2) is 4.90 Å². The van der Waals surface area contributed by atoms with Crippen LogP contribution in [0.25, 0.3) is 0 Å². The SMILES string of the molecule is CCCCCNS(=O)(=O)c1ccnc(N)c1[N+](=O)[O-]. The van der Waals surface area contributed by atoms with Crippen molar-refractivity contribution in [2.45, 2.75) is 31.1 Å². The second-order valence-corrected chi connectivity index (χ2v) is 5.64. The standard InChI is InChI=1S/C10H16N4O4S/c1-2-3-4-6-13-19(17,18)8-5-7-12-10(11)9(8)14(15)16/h5,7,13H,2-4,6H2,1H3,(H2,11,12). The van der Waals surface area contributed by atoms with Gasteiger partial charge in [0.25, 0.3) is 0 Å². The first-order valence-electron chi connectivity index (χ1n) is 5.78. The van der Waals surface area contributed by atoms with E-state index in [2.05, 4.69) is 9.71 Å². The highest BCUT2D eigenvalue weighted by molar-refractivity contribution is 7.89. The Balaban J connectivity index is 3.01. The second-order valence-electron chi connectivity index (χ2n) is 3.90. The predicted octanol–water partition coefficient (Wildman–Crippen LogP) is 1.04. The van der Waals surface area contributed by atoms with Crippen molar-refractivity contribution in [1.29, 1.82) is 0 Å². The first kappa shape index (κ1) is 15.3. The average molecular weight is 288 g/mol. The van der Waals surface area contributed by atoms with Gasteiger partial charge in [0, 0.05) is 12.7 Å². The normalized spacial score (nSPS) is 11.4. The lowest BCUT2D eigenvalue weighted by Gasteiger charge is -2.07. The van der Waals surface area contributed by atoms with Crippen LogP contribution in [0.3, 0.4) is 0 Å². The Labute approximate surface area is 111 Å². The molecule has 0 aliphatic rings. The molecule has 1 aromatic rings. The summed E-state index contributed by atoms with van der Waals surface area (Å²) in [5, 5.41) is 10.9. The number of anilines is 1. The molecule has 19 heavy (non-hydrogen) atoms. The number of nitrogen functional groups attached to an aromatic ring is 1. The van der Waals surface area contributed by atoms with Crippen molar-refractivity contribution >= 4 is 21.5 Å². The molecule has 9 heteroatoms. The fourth-order valence-corrected chi connectivity index (χ4v) is 2.75. The maximum Gasteiger partial charge on any atom is 0.331 e. The van der Waals surface area contributed by atoms with E-state index in [4.69, 9.17) is 5.73 Å². The van der Waals surface area contributed by atoms with Crippen molar-refractivity contribution in [2.75, 3.05) is 12.3 Å². The van der Waals surface area contributed by atoms with Crippen LogP contribution in [0.15, 0.2) is 17.2 Å². The average Bonchev–Trinajstić information content (AvgIpc) is 2.34. The molecule has 0 amide bonds. The van der Waals surface area contributed by atoms with Crippen molar-refractivity contribution in [3.63, 3.8) is 0 Å². The van der Waals surface area contributed by atoms with Gasteiger partial charge in [0.05, 0.1) is 4.92 Å². The second kappa shape index (κ2) is 6.43. The minimum atomic E-state index is -3.95. The first-order chi connectivity index (χ1) is 8.90. The number of unbranched alkanes of at least 4 members (excludes halogenated alkanes) is 2. The maximum atomic E-state index is 12.0. The summed E-state index contributed by atoms with van der Waals surface area (Å²) in [5.74, 6) is -0.415. The molecule has 1 rings (SSSR count). The smallest absolute Gasteiger partial charge is 0.331 e. The number of nitro groups is 1. The van der Waals surface area contributed by atoms with Crippen LogP contribution >= 0.6 is 0 Å². The van der Waals surface area contributed by atoms with Gasteiger partial charge in [-0.05, 0) is 12.5 Å². The molecule has 0 aromatic carbocycles. The van der Waals surface area contributed by atoms with E-state index in [1.807, 2.05) is 6.92 Å². The van der Waals surface area contributed by atoms with Crippen LogP contribution in [0.5, 0.6) is 0 Å². The maximum absolute atomic E-state index is 12.0. The molecule has 0 radical (unpaired) electrons. The summed E-state index contributed by atoms with van der Waals surface area (Å²) in [6.45, 7) is 2.22. The van der Waals surface area contributed by atoms with Gasteiger partial charge < -0.3 is 5.73 Å². The van der Waals surface area contributed by atoms with Gasteiger partial charge in [-0.25, -0.2) is 18.1 Å². The summed E-state index contributed by atoms with van der Waals surface area (Å²) in [5.41, 5.74) is 4.66. The Bertz CT molecular complexity index is 559. The van der Waals surface area contributed by atoms with E-state index in [0.717, 1.165) is 25.1 Å². The predicted molar refractivity (Wildman–Crippen MR) is 70.0 cm³/mol. The molecule has 1 aromatic heterocycles. The van der Waals surface area contributed by atoms with E-state index in [1.165, 1.54) is 0 Å². The van der Waals surface area contributed by atoms with Gasteiger partial charge in [-0.2, -0.15) is 0 Å². The van der Waals surface area contributed by atoms with E-state index in [-0.39, 0.29) is 6.54 Å². The van der Waals surface area contributed by atoms with Crippen LogP contribution in [0.2, 0.25) is 0 Å². The van der Waals surface area contributed by atoms with Gasteiger partial charge in [-0.3, -0.25) is 10.1 Å². The molecule has 0 spiro atoms. The first-order valence-corrected chi connectivity index (χ1v) is 7.27. The molecule has 0 atom stereocenters. The van der Waals surface area contributed by atoms with Gasteiger partial charge in [-0.15, -0.1) is 0 Å². The minimum Gasteiger partial charge on any atom is -0.378 e. The lowest BCUT2D eigenvalue weighted by atomic mass is 10.3. The number of nitrogens with two attached hydrogens (primary N) is 1. The molecule has 0 aliphatic carbocycles. The van der Waals surface area contributed by atoms with Crippen LogP contribution < -0.4 is 10.5 Å². The van der Waals surface area contributed by atoms with E-state index < -0.39 is 31.3 Å². The van der Waals surface area contributed by atoms with Gasteiger partial charge in [0.1, 0.15) is 0 Å². The van der Waals surface area contributed by atoms with Crippen molar-refractivity contribution in [2.24, 2.45) is 0 Å². The summed E-state index contributed by atoms with van der Waals surface area (Å²) in [7, 11) is -3.95. The summed E-state index contributed by atoms with van der Waals surface area (Å²) in [6.07, 6.45) is 3.63. The summed E-state index contributed by atoms with van der Waals surface area (Å²) < 4.78 is 26.3. The van der Waals surface area contributed by atoms with E-state index in [9.17, 15) is 18.5 Å². The molecule has 8 nitrogen and oxygen atoms in total. The zero-order chi connectivity index (χ0) is 14.5. The van der Waals surface area contributed by atoms with Crippen molar-refractivity contribution in [1.82, 2.24) is 9.71 Å². The molecule has 0 aliphatic heterocycles. The summed E-state index contributed by atoms with van der Waals surface area (Å²) >= 11 is 0. The molecule has 1 heterocycles. The van der Waals surface area contributed by atoms with Crippen molar-refractivity contribution in [3.8, 4) is 0 Å². The van der Waals surface area contributed by atoms with Crippen molar-refractivity contribution < 1.29 is 13.3 Å². The third-order valence-corrected chi connectivity index (χ3v) is 3.95. The summed E-state index contributed by atoms with van der Waals surface area (Å²) in [6, 6.07) is 1.07. The Hall–Kier alpha value is -1.74. The molecular formula is C10H16N4O4S. The van der Waals surface area contributed by atoms with E-state index >= 15 is 0 Å². The molecule has 0 fully saturated rings. The van der Waals surface area contributed by atoms with Crippen LogP contribution in [0.1, 0.15) is 26.2 Å². The Morgan fingerprint density at radius 3 is 2.74 bits per heavy atom. The Morgan fingerprint density at radius 2 is 2.16 bits per heavy atom. The number of rotatable bonds is 7. The van der Waals surface area contributed by atoms with E-state index in [1.54, 1.807) is 0 Å². The number of nitrogens with zero attached hydrogens (tertiary/aromatic N) is 2. The lowest BCUT2D eigenvalue weighted by molar-refractivity contribution is -0.387. The highest BCUT2D eigenvalue weighted by Gasteiger charge is 2.28. The molecule has 0 bridgehead atoms. The monoisotopic (exact) mass is 288 g/mol. The van der Waals surface area contributed by atoms with Crippen molar-refractivity contribution in [3.05, 3.63) is 22.4 Å². The largest absolute Gasteiger partial charge is 0.378 e. The molecular weight excluding hydrogens is 272 g/mol. The number of hydrogen-bond acceptors (Lipinski definition) is 6. The number of hydrogen-bond donors (Lipinski definition) is 2. The Kier molecular flexibility index (Phi) is 5.19.